The predicted octanol–water partition coefficient (Wildman–Crippen LogP) is 2.41. The van der Waals surface area contributed by atoms with Crippen LogP contribution in [0.3, 0.4) is 0 Å². The molecule has 1 aliphatic heterocycles. The molecule has 1 aliphatic rings. The summed E-state index contributed by atoms with van der Waals surface area (Å²) in [6.07, 6.45) is 0.907. The number of hydrogen-bond acceptors (Lipinski definition) is 5. The summed E-state index contributed by atoms with van der Waals surface area (Å²) >= 11 is 0. The summed E-state index contributed by atoms with van der Waals surface area (Å²) in [7, 11) is -2.18. The van der Waals surface area contributed by atoms with Crippen molar-refractivity contribution in [2.75, 3.05) is 13.1 Å². The van der Waals surface area contributed by atoms with E-state index in [9.17, 15) is 18.0 Å². The average Bonchev–Trinajstić information content (AvgIpc) is 3.07. The molecule has 4 rings (SSSR count). The molecule has 0 spiro atoms. The van der Waals surface area contributed by atoms with Crippen molar-refractivity contribution in [3.8, 4) is 0 Å². The zero-order valence-corrected chi connectivity index (χ0v) is 18.3. The molecular formula is C22H25N3O5S. The summed E-state index contributed by atoms with van der Waals surface area (Å²) in [4.78, 5) is 24.4. The molecule has 1 aromatic heterocycles. The van der Waals surface area contributed by atoms with Crippen molar-refractivity contribution in [2.45, 2.75) is 30.7 Å². The van der Waals surface area contributed by atoms with Gasteiger partial charge < -0.3 is 9.73 Å². The van der Waals surface area contributed by atoms with Crippen molar-refractivity contribution in [3.63, 3.8) is 0 Å². The van der Waals surface area contributed by atoms with Crippen LogP contribution in [0.15, 0.2) is 62.6 Å². The molecule has 31 heavy (non-hydrogen) atoms. The van der Waals surface area contributed by atoms with E-state index in [1.807, 2.05) is 37.3 Å². The van der Waals surface area contributed by atoms with Gasteiger partial charge in [0.1, 0.15) is 0 Å². The Morgan fingerprint density at radius 1 is 1.13 bits per heavy atom. The molecular weight excluding hydrogens is 418 g/mol. The summed E-state index contributed by atoms with van der Waals surface area (Å²) in [6, 6.07) is 14.0. The van der Waals surface area contributed by atoms with Crippen LogP contribution in [0.2, 0.25) is 0 Å². The quantitative estimate of drug-likeness (QED) is 0.653. The first-order valence-electron chi connectivity index (χ1n) is 10.2. The van der Waals surface area contributed by atoms with Crippen molar-refractivity contribution in [1.29, 1.82) is 0 Å². The minimum absolute atomic E-state index is 0.0547. The lowest BCUT2D eigenvalue weighted by molar-refractivity contribution is -0.126. The highest BCUT2D eigenvalue weighted by Gasteiger charge is 2.33. The maximum absolute atomic E-state index is 13.1. The number of aromatic nitrogens is 1. The molecule has 0 unspecified atom stereocenters. The van der Waals surface area contributed by atoms with Gasteiger partial charge in [-0.05, 0) is 37.5 Å². The Morgan fingerprint density at radius 3 is 2.48 bits per heavy atom. The molecule has 0 aliphatic carbocycles. The zero-order valence-electron chi connectivity index (χ0n) is 17.4. The number of aryl methyl sites for hydroxylation is 1. The maximum atomic E-state index is 13.1. The van der Waals surface area contributed by atoms with Gasteiger partial charge in [-0.2, -0.15) is 4.31 Å². The number of amides is 1. The number of nitrogens with zero attached hydrogens (tertiary/aromatic N) is 2. The molecule has 9 heteroatoms. The average molecular weight is 444 g/mol. The van der Waals surface area contributed by atoms with Crippen molar-refractivity contribution < 1.29 is 17.6 Å². The van der Waals surface area contributed by atoms with E-state index in [4.69, 9.17) is 4.42 Å². The number of oxazole rings is 1. The molecule has 0 saturated carbocycles. The summed E-state index contributed by atoms with van der Waals surface area (Å²) in [5.41, 5.74) is 1.79. The summed E-state index contributed by atoms with van der Waals surface area (Å²) in [5.74, 6) is -0.825. The standard InChI is InChI=1S/C22H25N3O5S/c1-15(16-6-4-3-5-7-16)23-21(26)17-10-12-25(13-11-17)31(28,29)18-8-9-19-20(14-18)30-22(27)24(19)2/h3-9,14-15,17H,10-13H2,1-2H3,(H,23,26)/t15-/m1/s1. The topological polar surface area (TPSA) is 102 Å². The normalized spacial score (nSPS) is 17.0. The van der Waals surface area contributed by atoms with E-state index in [1.54, 1.807) is 13.1 Å². The summed E-state index contributed by atoms with van der Waals surface area (Å²) in [6.45, 7) is 2.46. The molecule has 0 bridgehead atoms. The van der Waals surface area contributed by atoms with E-state index in [1.165, 1.54) is 21.0 Å². The Hall–Kier alpha value is -2.91. The number of fused-ring (bicyclic) bond motifs is 1. The molecule has 1 saturated heterocycles. The fraction of sp³-hybridized carbons (Fsp3) is 0.364. The first-order chi connectivity index (χ1) is 14.8. The van der Waals surface area contributed by atoms with Crippen LogP contribution in [-0.4, -0.2) is 36.3 Å². The lowest BCUT2D eigenvalue weighted by Gasteiger charge is -2.31. The van der Waals surface area contributed by atoms with Crippen LogP contribution in [0, 0.1) is 5.92 Å². The van der Waals surface area contributed by atoms with Crippen LogP contribution in [0.1, 0.15) is 31.4 Å². The van der Waals surface area contributed by atoms with Gasteiger partial charge >= 0.3 is 5.76 Å². The number of benzene rings is 2. The van der Waals surface area contributed by atoms with Crippen LogP contribution in [-0.2, 0) is 21.9 Å². The molecule has 1 N–H and O–H groups in total. The molecule has 1 atom stereocenters. The van der Waals surface area contributed by atoms with E-state index >= 15 is 0 Å². The van der Waals surface area contributed by atoms with Crippen LogP contribution >= 0.6 is 0 Å². The number of carbonyl (C=O) groups is 1. The second kappa shape index (κ2) is 8.32. The molecule has 2 heterocycles. The van der Waals surface area contributed by atoms with Crippen LogP contribution in [0.4, 0.5) is 0 Å². The molecule has 3 aromatic rings. The molecule has 1 fully saturated rings. The Labute approximate surface area is 180 Å². The van der Waals surface area contributed by atoms with E-state index < -0.39 is 15.8 Å². The third-order valence-electron chi connectivity index (χ3n) is 5.88. The van der Waals surface area contributed by atoms with Gasteiger partial charge in [-0.15, -0.1) is 0 Å². The van der Waals surface area contributed by atoms with Crippen LogP contribution in [0.25, 0.3) is 11.1 Å². The Balaban J connectivity index is 1.42. The predicted molar refractivity (Wildman–Crippen MR) is 116 cm³/mol. The van der Waals surface area contributed by atoms with E-state index in [2.05, 4.69) is 5.32 Å². The number of piperidine rings is 1. The van der Waals surface area contributed by atoms with E-state index in [0.29, 0.717) is 18.4 Å². The van der Waals surface area contributed by atoms with Gasteiger partial charge in [0.05, 0.1) is 16.5 Å². The molecule has 1 amide bonds. The first kappa shape index (κ1) is 21.3. The third kappa shape index (κ3) is 4.15. The lowest BCUT2D eigenvalue weighted by Crippen LogP contribution is -2.43. The van der Waals surface area contributed by atoms with E-state index in [0.717, 1.165) is 5.56 Å². The van der Waals surface area contributed by atoms with Crippen LogP contribution in [0.5, 0.6) is 0 Å². The highest BCUT2D eigenvalue weighted by Crippen LogP contribution is 2.26. The Kier molecular flexibility index (Phi) is 5.72. The first-order valence-corrected chi connectivity index (χ1v) is 11.7. The number of sulfonamides is 1. The van der Waals surface area contributed by atoms with Gasteiger partial charge in [-0.1, -0.05) is 30.3 Å². The molecule has 2 aromatic carbocycles. The highest BCUT2D eigenvalue weighted by atomic mass is 32.2. The largest absolute Gasteiger partial charge is 0.419 e. The smallest absolute Gasteiger partial charge is 0.408 e. The maximum Gasteiger partial charge on any atom is 0.419 e. The van der Waals surface area contributed by atoms with Crippen molar-refractivity contribution in [2.24, 2.45) is 13.0 Å². The van der Waals surface area contributed by atoms with Gasteiger partial charge in [0.25, 0.3) is 0 Å². The van der Waals surface area contributed by atoms with Gasteiger partial charge in [-0.3, -0.25) is 9.36 Å². The highest BCUT2D eigenvalue weighted by molar-refractivity contribution is 7.89. The fourth-order valence-electron chi connectivity index (χ4n) is 3.94. The molecule has 0 radical (unpaired) electrons. The minimum Gasteiger partial charge on any atom is -0.408 e. The number of carbonyl (C=O) groups excluding carboxylic acids is 1. The van der Waals surface area contributed by atoms with E-state index in [-0.39, 0.29) is 41.4 Å². The second-order valence-corrected chi connectivity index (χ2v) is 9.81. The minimum atomic E-state index is -3.74. The van der Waals surface area contributed by atoms with Gasteiger partial charge in [0.15, 0.2) is 5.58 Å². The van der Waals surface area contributed by atoms with Gasteiger partial charge in [-0.25, -0.2) is 13.2 Å². The number of nitrogens with one attached hydrogen (secondary N) is 1. The fourth-order valence-corrected chi connectivity index (χ4v) is 5.42. The summed E-state index contributed by atoms with van der Waals surface area (Å²) in [5, 5.41) is 3.03. The Bertz CT molecular complexity index is 1260. The summed E-state index contributed by atoms with van der Waals surface area (Å²) < 4.78 is 34.0. The Morgan fingerprint density at radius 2 is 1.81 bits per heavy atom. The van der Waals surface area contributed by atoms with Crippen molar-refractivity contribution in [3.05, 3.63) is 64.6 Å². The molecule has 8 nitrogen and oxygen atoms in total. The van der Waals surface area contributed by atoms with Gasteiger partial charge in [0.2, 0.25) is 15.9 Å². The van der Waals surface area contributed by atoms with Crippen molar-refractivity contribution >= 4 is 27.0 Å². The molecule has 164 valence electrons. The van der Waals surface area contributed by atoms with Gasteiger partial charge in [0, 0.05) is 32.1 Å². The monoisotopic (exact) mass is 443 g/mol. The zero-order chi connectivity index (χ0) is 22.2. The number of hydrogen-bond donors (Lipinski definition) is 1. The van der Waals surface area contributed by atoms with Crippen molar-refractivity contribution in [1.82, 2.24) is 14.2 Å². The SMILES string of the molecule is C[C@@H](NC(=O)C1CCN(S(=O)(=O)c2ccc3c(c2)oc(=O)n3C)CC1)c1ccccc1. The lowest BCUT2D eigenvalue weighted by atomic mass is 9.96. The number of rotatable bonds is 5. The third-order valence-corrected chi connectivity index (χ3v) is 7.78. The van der Waals surface area contributed by atoms with Crippen LogP contribution < -0.4 is 11.1 Å². The second-order valence-electron chi connectivity index (χ2n) is 7.88.